The van der Waals surface area contributed by atoms with Gasteiger partial charge in [-0.15, -0.1) is 0 Å². The molecular formula is C17H17N5O5. The monoisotopic (exact) mass is 371 g/mol. The van der Waals surface area contributed by atoms with Crippen LogP contribution in [0.3, 0.4) is 0 Å². The third kappa shape index (κ3) is 3.64. The summed E-state index contributed by atoms with van der Waals surface area (Å²) in [6.07, 6.45) is 0.909. The number of carboxylic acids is 1. The number of hydrogen-bond acceptors (Lipinski definition) is 5. The van der Waals surface area contributed by atoms with E-state index in [0.29, 0.717) is 17.9 Å². The number of carbonyl (C=O) groups is 4. The second kappa shape index (κ2) is 6.90. The summed E-state index contributed by atoms with van der Waals surface area (Å²) in [5.41, 5.74) is 1.46. The van der Waals surface area contributed by atoms with Crippen LogP contribution in [0.2, 0.25) is 0 Å². The fraction of sp³-hybridized carbons (Fsp3) is 0.235. The van der Waals surface area contributed by atoms with Gasteiger partial charge in [0.1, 0.15) is 11.2 Å². The van der Waals surface area contributed by atoms with E-state index in [4.69, 9.17) is 5.11 Å². The fourth-order valence-electron chi connectivity index (χ4n) is 2.70. The lowest BCUT2D eigenvalue weighted by Crippen LogP contribution is -2.49. The molecule has 1 unspecified atom stereocenters. The first-order valence-electron chi connectivity index (χ1n) is 8.10. The third-order valence-electron chi connectivity index (χ3n) is 4.27. The van der Waals surface area contributed by atoms with Crippen molar-refractivity contribution >= 4 is 23.8 Å². The lowest BCUT2D eigenvalue weighted by atomic mass is 9.93. The number of hydrazine groups is 1. The van der Waals surface area contributed by atoms with Crippen LogP contribution >= 0.6 is 0 Å². The second-order valence-electron chi connectivity index (χ2n) is 6.30. The Morgan fingerprint density at radius 3 is 2.59 bits per heavy atom. The number of nitrogens with zero attached hydrogens (tertiary/aromatic N) is 2. The van der Waals surface area contributed by atoms with E-state index < -0.39 is 29.4 Å². The molecule has 1 aliphatic heterocycles. The van der Waals surface area contributed by atoms with E-state index in [0.717, 1.165) is 11.6 Å². The quantitative estimate of drug-likeness (QED) is 0.550. The molecule has 1 aromatic carbocycles. The van der Waals surface area contributed by atoms with E-state index in [1.807, 2.05) is 30.3 Å². The van der Waals surface area contributed by atoms with Gasteiger partial charge in [-0.1, -0.05) is 30.3 Å². The van der Waals surface area contributed by atoms with Crippen molar-refractivity contribution in [2.45, 2.75) is 25.3 Å². The van der Waals surface area contributed by atoms with E-state index in [1.54, 1.807) is 6.92 Å². The number of urea groups is 1. The topological polar surface area (TPSA) is 144 Å². The summed E-state index contributed by atoms with van der Waals surface area (Å²) in [6.45, 7) is 1.58. The highest BCUT2D eigenvalue weighted by molar-refractivity contribution is 6.09. The number of aromatic carboxylic acids is 1. The first kappa shape index (κ1) is 18.1. The number of H-pyrrole nitrogens is 1. The largest absolute Gasteiger partial charge is 0.477 e. The van der Waals surface area contributed by atoms with Gasteiger partial charge >= 0.3 is 12.0 Å². The lowest BCUT2D eigenvalue weighted by molar-refractivity contribution is -0.132. The highest BCUT2D eigenvalue weighted by Crippen LogP contribution is 2.22. The normalized spacial score (nSPS) is 19.1. The Morgan fingerprint density at radius 1 is 1.26 bits per heavy atom. The van der Waals surface area contributed by atoms with Gasteiger partial charge in [-0.25, -0.2) is 9.59 Å². The van der Waals surface area contributed by atoms with Gasteiger partial charge in [0.25, 0.3) is 11.8 Å². The Morgan fingerprint density at radius 2 is 1.96 bits per heavy atom. The van der Waals surface area contributed by atoms with Crippen LogP contribution in [0.5, 0.6) is 0 Å². The van der Waals surface area contributed by atoms with Crippen molar-refractivity contribution in [3.63, 3.8) is 0 Å². The minimum Gasteiger partial charge on any atom is -0.477 e. The molecule has 1 saturated heterocycles. The van der Waals surface area contributed by atoms with Crippen molar-refractivity contribution in [2.75, 3.05) is 0 Å². The van der Waals surface area contributed by atoms with E-state index in [9.17, 15) is 19.2 Å². The Kier molecular flexibility index (Phi) is 4.63. The SMILES string of the molecule is CC1(CCc2ccccc2)NC(=O)N(NC(=O)c2cc(C(=O)O)[nH]n2)C1=O. The summed E-state index contributed by atoms with van der Waals surface area (Å²) in [4.78, 5) is 47.8. The van der Waals surface area contributed by atoms with Gasteiger partial charge in [0.05, 0.1) is 0 Å². The average Bonchev–Trinajstić information content (AvgIpc) is 3.21. The highest BCUT2D eigenvalue weighted by Gasteiger charge is 2.48. The summed E-state index contributed by atoms with van der Waals surface area (Å²) in [6, 6.07) is 9.73. The number of aryl methyl sites for hydroxylation is 1. The maximum absolute atomic E-state index is 12.6. The van der Waals surface area contributed by atoms with Crippen LogP contribution in [0, 0.1) is 0 Å². The van der Waals surface area contributed by atoms with Crippen LogP contribution < -0.4 is 10.7 Å². The van der Waals surface area contributed by atoms with E-state index in [2.05, 4.69) is 20.9 Å². The number of aromatic amines is 1. The summed E-state index contributed by atoms with van der Waals surface area (Å²) >= 11 is 0. The minimum atomic E-state index is -1.29. The van der Waals surface area contributed by atoms with Gasteiger partial charge < -0.3 is 10.4 Å². The Labute approximate surface area is 153 Å². The highest BCUT2D eigenvalue weighted by atomic mass is 16.4. The molecule has 1 fully saturated rings. The van der Waals surface area contributed by atoms with Gasteiger partial charge in [-0.05, 0) is 25.3 Å². The summed E-state index contributed by atoms with van der Waals surface area (Å²) in [5.74, 6) is -2.77. The van der Waals surface area contributed by atoms with Crippen LogP contribution in [0.25, 0.3) is 0 Å². The Bertz CT molecular complexity index is 909. The number of carboxylic acid groups (broad SMARTS) is 1. The lowest BCUT2D eigenvalue weighted by Gasteiger charge is -2.21. The number of aromatic nitrogens is 2. The van der Waals surface area contributed by atoms with Crippen molar-refractivity contribution in [1.29, 1.82) is 0 Å². The van der Waals surface area contributed by atoms with Crippen molar-refractivity contribution in [1.82, 2.24) is 25.9 Å². The molecule has 1 atom stereocenters. The van der Waals surface area contributed by atoms with Gasteiger partial charge in [0.15, 0.2) is 5.69 Å². The van der Waals surface area contributed by atoms with Crippen molar-refractivity contribution in [3.05, 3.63) is 53.3 Å². The first-order valence-corrected chi connectivity index (χ1v) is 8.10. The molecule has 0 spiro atoms. The standard InChI is InChI=1S/C17H17N5O5/c1-17(8-7-10-5-3-2-4-6-10)15(26)22(16(27)18-17)21-13(23)11-9-12(14(24)25)20-19-11/h2-6,9H,7-8H2,1H3,(H,18,27)(H,19,20)(H,21,23)(H,24,25). The minimum absolute atomic E-state index is 0.258. The number of imide groups is 1. The third-order valence-corrected chi connectivity index (χ3v) is 4.27. The van der Waals surface area contributed by atoms with Crippen molar-refractivity contribution in [3.8, 4) is 0 Å². The number of carbonyl (C=O) groups excluding carboxylic acids is 3. The molecule has 0 saturated carbocycles. The molecule has 1 aromatic heterocycles. The zero-order chi connectivity index (χ0) is 19.6. The molecule has 2 heterocycles. The van der Waals surface area contributed by atoms with Crippen LogP contribution in [0.4, 0.5) is 4.79 Å². The maximum Gasteiger partial charge on any atom is 0.353 e. The number of nitrogens with one attached hydrogen (secondary N) is 3. The summed E-state index contributed by atoms with van der Waals surface area (Å²) in [7, 11) is 0. The first-order chi connectivity index (χ1) is 12.8. The van der Waals surface area contributed by atoms with Crippen LogP contribution in [-0.2, 0) is 11.2 Å². The fourth-order valence-corrected chi connectivity index (χ4v) is 2.70. The molecule has 1 aliphatic rings. The van der Waals surface area contributed by atoms with E-state index >= 15 is 0 Å². The molecule has 2 aromatic rings. The molecule has 3 rings (SSSR count). The predicted octanol–water partition coefficient (Wildman–Crippen LogP) is 0.696. The molecule has 10 nitrogen and oxygen atoms in total. The number of benzene rings is 1. The molecule has 140 valence electrons. The average molecular weight is 371 g/mol. The van der Waals surface area contributed by atoms with Gasteiger partial charge in [-0.3, -0.25) is 20.1 Å². The second-order valence-corrected chi connectivity index (χ2v) is 6.30. The molecule has 4 amide bonds. The number of rotatable bonds is 6. The zero-order valence-electron chi connectivity index (χ0n) is 14.4. The Hall–Kier alpha value is -3.69. The van der Waals surface area contributed by atoms with Crippen molar-refractivity contribution in [2.24, 2.45) is 0 Å². The van der Waals surface area contributed by atoms with Gasteiger partial charge in [0, 0.05) is 6.07 Å². The molecular weight excluding hydrogens is 354 g/mol. The van der Waals surface area contributed by atoms with E-state index in [1.165, 1.54) is 0 Å². The predicted molar refractivity (Wildman–Crippen MR) is 91.6 cm³/mol. The molecule has 0 aliphatic carbocycles. The van der Waals surface area contributed by atoms with Crippen LogP contribution in [0.15, 0.2) is 36.4 Å². The van der Waals surface area contributed by atoms with Crippen molar-refractivity contribution < 1.29 is 24.3 Å². The molecule has 27 heavy (non-hydrogen) atoms. The molecule has 10 heteroatoms. The van der Waals surface area contributed by atoms with Gasteiger partial charge in [0.2, 0.25) is 0 Å². The van der Waals surface area contributed by atoms with Gasteiger partial charge in [-0.2, -0.15) is 10.1 Å². The molecule has 4 N–H and O–H groups in total. The molecule has 0 bridgehead atoms. The van der Waals surface area contributed by atoms with E-state index in [-0.39, 0.29) is 11.4 Å². The molecule has 0 radical (unpaired) electrons. The summed E-state index contributed by atoms with van der Waals surface area (Å²) < 4.78 is 0. The van der Waals surface area contributed by atoms with Crippen LogP contribution in [-0.4, -0.2) is 49.7 Å². The number of amides is 4. The Balaban J connectivity index is 1.67. The smallest absolute Gasteiger partial charge is 0.353 e. The maximum atomic E-state index is 12.6. The van der Waals surface area contributed by atoms with Crippen LogP contribution in [0.1, 0.15) is 39.9 Å². The summed E-state index contributed by atoms with van der Waals surface area (Å²) in [5, 5.41) is 17.7. The number of hydrogen-bond donors (Lipinski definition) is 4. The zero-order valence-corrected chi connectivity index (χ0v) is 14.4.